The highest BCUT2D eigenvalue weighted by atomic mass is 35.5. The molecule has 0 atom stereocenters. The Balaban J connectivity index is 1.76. The Morgan fingerprint density at radius 3 is 2.70 bits per heavy atom. The van der Waals surface area contributed by atoms with Gasteiger partial charge in [0.05, 0.1) is 6.21 Å². The van der Waals surface area contributed by atoms with Crippen molar-refractivity contribution in [1.29, 1.82) is 0 Å². The maximum atomic E-state index is 11.6. The van der Waals surface area contributed by atoms with Crippen LogP contribution < -0.4 is 5.43 Å². The Kier molecular flexibility index (Phi) is 4.96. The third kappa shape index (κ3) is 4.55. The SMILES string of the molecule is Cc1ccc(CCC(=O)NN=Cc2ccc(Cl)cc2)o1. The first-order valence-electron chi connectivity index (χ1n) is 6.26. The second-order valence-corrected chi connectivity index (χ2v) is 4.79. The van der Waals surface area contributed by atoms with Crippen molar-refractivity contribution in [3.8, 4) is 0 Å². The zero-order valence-corrected chi connectivity index (χ0v) is 11.9. The van der Waals surface area contributed by atoms with Gasteiger partial charge < -0.3 is 4.42 Å². The van der Waals surface area contributed by atoms with Gasteiger partial charge in [-0.2, -0.15) is 5.10 Å². The average Bonchev–Trinajstić information content (AvgIpc) is 2.85. The summed E-state index contributed by atoms with van der Waals surface area (Å²) in [7, 11) is 0. The van der Waals surface area contributed by atoms with Gasteiger partial charge in [-0.25, -0.2) is 5.43 Å². The molecule has 0 aliphatic rings. The minimum atomic E-state index is -0.149. The van der Waals surface area contributed by atoms with E-state index in [9.17, 15) is 4.79 Å². The molecule has 0 aliphatic carbocycles. The molecule has 2 aromatic rings. The van der Waals surface area contributed by atoms with Crippen molar-refractivity contribution in [2.45, 2.75) is 19.8 Å². The van der Waals surface area contributed by atoms with Crippen molar-refractivity contribution in [3.05, 3.63) is 58.5 Å². The van der Waals surface area contributed by atoms with Gasteiger partial charge in [-0.05, 0) is 36.8 Å². The molecule has 2 rings (SSSR count). The smallest absolute Gasteiger partial charge is 0.240 e. The predicted molar refractivity (Wildman–Crippen MR) is 79.0 cm³/mol. The molecule has 1 aromatic heterocycles. The lowest BCUT2D eigenvalue weighted by atomic mass is 10.2. The zero-order chi connectivity index (χ0) is 14.4. The minimum absolute atomic E-state index is 0.149. The Morgan fingerprint density at radius 2 is 2.05 bits per heavy atom. The normalized spacial score (nSPS) is 10.9. The molecule has 20 heavy (non-hydrogen) atoms. The van der Waals surface area contributed by atoms with E-state index in [2.05, 4.69) is 10.5 Å². The summed E-state index contributed by atoms with van der Waals surface area (Å²) >= 11 is 5.77. The number of hydrogen-bond donors (Lipinski definition) is 1. The molecule has 1 aromatic carbocycles. The van der Waals surface area contributed by atoms with Gasteiger partial charge in [-0.15, -0.1) is 0 Å². The van der Waals surface area contributed by atoms with Crippen molar-refractivity contribution in [2.75, 3.05) is 0 Å². The highest BCUT2D eigenvalue weighted by Gasteiger charge is 2.03. The number of halogens is 1. The topological polar surface area (TPSA) is 54.6 Å². The maximum Gasteiger partial charge on any atom is 0.240 e. The molecule has 0 bridgehead atoms. The molecule has 0 aliphatic heterocycles. The monoisotopic (exact) mass is 290 g/mol. The standard InChI is InChI=1S/C15H15ClN2O2/c1-11-2-7-14(20-11)8-9-15(19)18-17-10-12-3-5-13(16)6-4-12/h2-7,10H,8-9H2,1H3,(H,18,19). The first-order valence-corrected chi connectivity index (χ1v) is 6.64. The molecule has 5 heteroatoms. The van der Waals surface area contributed by atoms with E-state index >= 15 is 0 Å². The quantitative estimate of drug-likeness (QED) is 0.678. The summed E-state index contributed by atoms with van der Waals surface area (Å²) in [6.07, 6.45) is 2.48. The molecule has 0 saturated carbocycles. The zero-order valence-electron chi connectivity index (χ0n) is 11.1. The number of nitrogens with one attached hydrogen (secondary N) is 1. The highest BCUT2D eigenvalue weighted by molar-refractivity contribution is 6.30. The minimum Gasteiger partial charge on any atom is -0.466 e. The Hall–Kier alpha value is -2.07. The molecule has 104 valence electrons. The summed E-state index contributed by atoms with van der Waals surface area (Å²) in [5.41, 5.74) is 3.35. The molecular weight excluding hydrogens is 276 g/mol. The van der Waals surface area contributed by atoms with Crippen molar-refractivity contribution >= 4 is 23.7 Å². The molecule has 0 spiro atoms. The van der Waals surface area contributed by atoms with Crippen LogP contribution >= 0.6 is 11.6 Å². The average molecular weight is 291 g/mol. The molecular formula is C15H15ClN2O2. The van der Waals surface area contributed by atoms with Crippen molar-refractivity contribution in [3.63, 3.8) is 0 Å². The number of benzene rings is 1. The van der Waals surface area contributed by atoms with Gasteiger partial charge in [0.2, 0.25) is 5.91 Å². The van der Waals surface area contributed by atoms with E-state index in [1.807, 2.05) is 31.2 Å². The summed E-state index contributed by atoms with van der Waals surface area (Å²) < 4.78 is 5.39. The van der Waals surface area contributed by atoms with Crippen LogP contribution in [0, 0.1) is 6.92 Å². The molecule has 1 N–H and O–H groups in total. The fourth-order valence-corrected chi connectivity index (χ4v) is 1.77. The number of carbonyl (C=O) groups is 1. The Morgan fingerprint density at radius 1 is 1.30 bits per heavy atom. The lowest BCUT2D eigenvalue weighted by molar-refractivity contribution is -0.121. The molecule has 0 unspecified atom stereocenters. The number of nitrogens with zero attached hydrogens (tertiary/aromatic N) is 1. The van der Waals surface area contributed by atoms with Gasteiger partial charge in [-0.1, -0.05) is 23.7 Å². The third-order valence-corrected chi connectivity index (χ3v) is 2.92. The van der Waals surface area contributed by atoms with E-state index in [0.717, 1.165) is 17.1 Å². The van der Waals surface area contributed by atoms with Crippen LogP contribution in [-0.4, -0.2) is 12.1 Å². The Bertz CT molecular complexity index is 603. The number of hydrogen-bond acceptors (Lipinski definition) is 3. The van der Waals surface area contributed by atoms with Crippen molar-refractivity contribution < 1.29 is 9.21 Å². The second-order valence-electron chi connectivity index (χ2n) is 4.36. The van der Waals surface area contributed by atoms with Crippen LogP contribution in [0.5, 0.6) is 0 Å². The van der Waals surface area contributed by atoms with Gasteiger partial charge >= 0.3 is 0 Å². The molecule has 1 heterocycles. The number of carbonyl (C=O) groups excluding carboxylic acids is 1. The van der Waals surface area contributed by atoms with Crippen molar-refractivity contribution in [1.82, 2.24) is 5.43 Å². The first kappa shape index (κ1) is 14.3. The van der Waals surface area contributed by atoms with E-state index in [-0.39, 0.29) is 5.91 Å². The number of aryl methyl sites for hydroxylation is 2. The number of hydrazone groups is 1. The van der Waals surface area contributed by atoms with Crippen LogP contribution in [0.25, 0.3) is 0 Å². The second kappa shape index (κ2) is 6.91. The van der Waals surface area contributed by atoms with Gasteiger partial charge in [-0.3, -0.25) is 4.79 Å². The van der Waals surface area contributed by atoms with Gasteiger partial charge in [0.15, 0.2) is 0 Å². The first-order chi connectivity index (χ1) is 9.63. The van der Waals surface area contributed by atoms with E-state index in [1.54, 1.807) is 18.3 Å². The molecule has 1 amide bonds. The molecule has 0 radical (unpaired) electrons. The fourth-order valence-electron chi connectivity index (χ4n) is 1.64. The number of amides is 1. The third-order valence-electron chi connectivity index (χ3n) is 2.67. The van der Waals surface area contributed by atoms with Crippen LogP contribution in [0.2, 0.25) is 5.02 Å². The van der Waals surface area contributed by atoms with E-state index < -0.39 is 0 Å². The van der Waals surface area contributed by atoms with E-state index in [1.165, 1.54) is 0 Å². The van der Waals surface area contributed by atoms with Gasteiger partial charge in [0.25, 0.3) is 0 Å². The lowest BCUT2D eigenvalue weighted by Crippen LogP contribution is -2.17. The molecule has 0 fully saturated rings. The van der Waals surface area contributed by atoms with Crippen LogP contribution in [-0.2, 0) is 11.2 Å². The lowest BCUT2D eigenvalue weighted by Gasteiger charge is -1.98. The summed E-state index contributed by atoms with van der Waals surface area (Å²) in [5, 5.41) is 4.56. The van der Waals surface area contributed by atoms with Gasteiger partial charge in [0.1, 0.15) is 11.5 Å². The van der Waals surface area contributed by atoms with Crippen LogP contribution in [0.1, 0.15) is 23.5 Å². The largest absolute Gasteiger partial charge is 0.466 e. The van der Waals surface area contributed by atoms with Crippen molar-refractivity contribution in [2.24, 2.45) is 5.10 Å². The maximum absolute atomic E-state index is 11.6. The summed E-state index contributed by atoms with van der Waals surface area (Å²) in [6.45, 7) is 1.87. The van der Waals surface area contributed by atoms with E-state index in [0.29, 0.717) is 17.9 Å². The summed E-state index contributed by atoms with van der Waals surface area (Å²) in [4.78, 5) is 11.6. The Labute approximate surface area is 122 Å². The predicted octanol–water partition coefficient (Wildman–Crippen LogP) is 3.32. The fraction of sp³-hybridized carbons (Fsp3) is 0.200. The van der Waals surface area contributed by atoms with E-state index in [4.69, 9.17) is 16.0 Å². The molecule has 0 saturated heterocycles. The molecule has 4 nitrogen and oxygen atoms in total. The summed E-state index contributed by atoms with van der Waals surface area (Å²) in [5.74, 6) is 1.50. The van der Waals surface area contributed by atoms with Crippen LogP contribution in [0.15, 0.2) is 45.9 Å². The van der Waals surface area contributed by atoms with Gasteiger partial charge in [0, 0.05) is 17.9 Å². The highest BCUT2D eigenvalue weighted by Crippen LogP contribution is 2.09. The van der Waals surface area contributed by atoms with Crippen LogP contribution in [0.3, 0.4) is 0 Å². The van der Waals surface area contributed by atoms with Crippen LogP contribution in [0.4, 0.5) is 0 Å². The number of rotatable bonds is 5. The summed E-state index contributed by atoms with van der Waals surface area (Å²) in [6, 6.07) is 10.9. The number of furan rings is 1.